The third kappa shape index (κ3) is 4.80. The highest BCUT2D eigenvalue weighted by molar-refractivity contribution is 7.51. The summed E-state index contributed by atoms with van der Waals surface area (Å²) < 4.78 is 13.9. The molecule has 0 atom stereocenters. The van der Waals surface area contributed by atoms with Crippen molar-refractivity contribution in [2.75, 3.05) is 6.35 Å². The van der Waals surface area contributed by atoms with Crippen molar-refractivity contribution < 1.29 is 33.5 Å². The van der Waals surface area contributed by atoms with E-state index >= 15 is 0 Å². The van der Waals surface area contributed by atoms with Gasteiger partial charge in [0.15, 0.2) is 6.35 Å². The molecule has 0 aromatic rings. The number of nitrogens with two attached hydrogens (primary N) is 1. The van der Waals surface area contributed by atoms with E-state index in [4.69, 9.17) is 9.79 Å². The van der Waals surface area contributed by atoms with Gasteiger partial charge in [-0.1, -0.05) is 0 Å². The second-order valence-corrected chi connectivity index (χ2v) is 3.22. The summed E-state index contributed by atoms with van der Waals surface area (Å²) in [4.78, 5) is 40.2. The third-order valence-corrected chi connectivity index (χ3v) is 1.10. The minimum absolute atomic E-state index is 1.18. The average molecular weight is 199 g/mol. The maximum atomic E-state index is 10.3. The normalized spacial score (nSPS) is 10.6. The highest BCUT2D eigenvalue weighted by Crippen LogP contribution is 2.33. The summed E-state index contributed by atoms with van der Waals surface area (Å²) in [5, 5.41) is 0. The number of ether oxygens (including phenoxy) is 1. The molecule has 0 aliphatic heterocycles. The van der Waals surface area contributed by atoms with Gasteiger partial charge in [0, 0.05) is 0 Å². The first-order chi connectivity index (χ1) is 5.37. The van der Waals surface area contributed by atoms with Crippen molar-refractivity contribution in [2.24, 2.45) is 5.90 Å². The summed E-state index contributed by atoms with van der Waals surface area (Å²) in [6, 6.07) is 0. The monoisotopic (exact) mass is 199 g/mol. The molecule has 9 heteroatoms. The Kier molecular flexibility index (Phi) is 3.84. The first-order valence-electron chi connectivity index (χ1n) is 2.49. The second kappa shape index (κ2) is 4.17. The van der Waals surface area contributed by atoms with E-state index in [0.29, 0.717) is 0 Å². The quantitative estimate of drug-likeness (QED) is 0.202. The van der Waals surface area contributed by atoms with E-state index < -0.39 is 25.9 Å². The Morgan fingerprint density at radius 1 is 1.33 bits per heavy atom. The Morgan fingerprint density at radius 2 is 1.83 bits per heavy atom. The number of rotatable bonds is 2. The van der Waals surface area contributed by atoms with Crippen molar-refractivity contribution in [2.45, 2.75) is 0 Å². The molecule has 0 amide bonds. The summed E-state index contributed by atoms with van der Waals surface area (Å²) in [7, 11) is -4.46. The number of carbonyl (C=O) groups is 2. The summed E-state index contributed by atoms with van der Waals surface area (Å²) in [5.74, 6) is 1.19. The van der Waals surface area contributed by atoms with Crippen LogP contribution in [0.5, 0.6) is 0 Å². The van der Waals surface area contributed by atoms with Crippen molar-refractivity contribution >= 4 is 19.5 Å². The summed E-state index contributed by atoms with van der Waals surface area (Å²) in [5.41, 5.74) is 0. The van der Waals surface area contributed by atoms with Gasteiger partial charge < -0.3 is 19.4 Å². The zero-order valence-electron chi connectivity index (χ0n) is 5.67. The Labute approximate surface area is 66.4 Å². The van der Waals surface area contributed by atoms with Gasteiger partial charge in [0.05, 0.1) is 0 Å². The van der Waals surface area contributed by atoms with Crippen LogP contribution in [0.2, 0.25) is 0 Å². The van der Waals surface area contributed by atoms with Crippen LogP contribution >= 0.6 is 7.60 Å². The minimum Gasteiger partial charge on any atom is -0.444 e. The van der Waals surface area contributed by atoms with Gasteiger partial charge in [0.25, 0.3) is 0 Å². The zero-order chi connectivity index (χ0) is 9.78. The van der Waals surface area contributed by atoms with Crippen LogP contribution in [0.25, 0.3) is 0 Å². The van der Waals surface area contributed by atoms with E-state index in [-0.39, 0.29) is 0 Å². The summed E-state index contributed by atoms with van der Waals surface area (Å²) in [6.45, 7) is 0. The highest BCUT2D eigenvalue weighted by Gasteiger charge is 2.22. The largest absolute Gasteiger partial charge is 0.444 e. The minimum atomic E-state index is -4.46. The van der Waals surface area contributed by atoms with Crippen molar-refractivity contribution in [1.29, 1.82) is 0 Å². The lowest BCUT2D eigenvalue weighted by Crippen LogP contribution is -2.23. The number of hydrogen-bond acceptors (Lipinski definition) is 6. The molecule has 0 radical (unpaired) electrons. The predicted octanol–water partition coefficient (Wildman–Crippen LogP) is -1.92. The molecule has 0 heterocycles. The summed E-state index contributed by atoms with van der Waals surface area (Å²) >= 11 is 0. The molecule has 0 saturated heterocycles. The molecule has 0 aliphatic rings. The first kappa shape index (κ1) is 11.1. The Hall–Kier alpha value is -0.950. The Morgan fingerprint density at radius 3 is 2.17 bits per heavy atom. The smallest absolute Gasteiger partial charge is 0.435 e. The molecular weight excluding hydrogens is 193 g/mol. The van der Waals surface area contributed by atoms with E-state index in [1.165, 1.54) is 0 Å². The topological polar surface area (TPSA) is 136 Å². The Balaban J connectivity index is 3.89. The molecule has 0 unspecified atom stereocenters. The van der Waals surface area contributed by atoms with Crippen molar-refractivity contribution in [3.05, 3.63) is 0 Å². The van der Waals surface area contributed by atoms with Gasteiger partial charge in [-0.15, -0.1) is 0 Å². The standard InChI is InChI=1S/C3H6NO7P/c4-11-3(6)2(5)10-1-12(7,8)9/h1,4H2,(H2,7,8,9). The molecule has 0 aromatic heterocycles. The maximum Gasteiger partial charge on any atom is 0.435 e. The lowest BCUT2D eigenvalue weighted by molar-refractivity contribution is -0.167. The molecule has 4 N–H and O–H groups in total. The fourth-order valence-corrected chi connectivity index (χ4v) is 0.535. The molecule has 0 rings (SSSR count). The van der Waals surface area contributed by atoms with Crippen LogP contribution in [0.4, 0.5) is 0 Å². The number of carbonyl (C=O) groups excluding carboxylic acids is 2. The van der Waals surface area contributed by atoms with E-state index in [1.54, 1.807) is 0 Å². The molecule has 0 spiro atoms. The van der Waals surface area contributed by atoms with Crippen LogP contribution in [0.1, 0.15) is 0 Å². The number of hydrogen-bond donors (Lipinski definition) is 3. The molecule has 8 nitrogen and oxygen atoms in total. The van der Waals surface area contributed by atoms with Crippen LogP contribution in [-0.4, -0.2) is 28.1 Å². The van der Waals surface area contributed by atoms with Crippen molar-refractivity contribution in [3.63, 3.8) is 0 Å². The van der Waals surface area contributed by atoms with Crippen LogP contribution < -0.4 is 5.90 Å². The molecule has 0 saturated carbocycles. The molecular formula is C3H6NO7P. The van der Waals surface area contributed by atoms with E-state index in [1.807, 2.05) is 0 Å². The molecule has 12 heavy (non-hydrogen) atoms. The second-order valence-electron chi connectivity index (χ2n) is 1.63. The first-order valence-corrected chi connectivity index (χ1v) is 4.29. The fourth-order valence-electron chi connectivity index (χ4n) is 0.250. The van der Waals surface area contributed by atoms with Gasteiger partial charge in [-0.2, -0.15) is 5.90 Å². The van der Waals surface area contributed by atoms with Crippen molar-refractivity contribution in [1.82, 2.24) is 0 Å². The third-order valence-electron chi connectivity index (χ3n) is 0.638. The van der Waals surface area contributed by atoms with E-state index in [2.05, 4.69) is 15.5 Å². The van der Waals surface area contributed by atoms with Crippen LogP contribution in [-0.2, 0) is 23.7 Å². The predicted molar refractivity (Wildman–Crippen MR) is 33.3 cm³/mol. The van der Waals surface area contributed by atoms with Gasteiger partial charge in [0.2, 0.25) is 0 Å². The molecule has 70 valence electrons. The maximum absolute atomic E-state index is 10.3. The zero-order valence-corrected chi connectivity index (χ0v) is 6.56. The Bertz CT molecular complexity index is 231. The molecule has 0 aromatic carbocycles. The highest BCUT2D eigenvalue weighted by atomic mass is 31.2. The van der Waals surface area contributed by atoms with Crippen LogP contribution in [0.3, 0.4) is 0 Å². The van der Waals surface area contributed by atoms with E-state index in [0.717, 1.165) is 0 Å². The lowest BCUT2D eigenvalue weighted by Gasteiger charge is -2.03. The molecule has 0 bridgehead atoms. The molecule has 0 fully saturated rings. The number of esters is 1. The average Bonchev–Trinajstić information content (AvgIpc) is 1.97. The summed E-state index contributed by atoms with van der Waals surface area (Å²) in [6.07, 6.45) is -1.18. The lowest BCUT2D eigenvalue weighted by atomic mass is 10.7. The fraction of sp³-hybridized carbons (Fsp3) is 0.333. The van der Waals surface area contributed by atoms with Crippen LogP contribution in [0.15, 0.2) is 0 Å². The van der Waals surface area contributed by atoms with Crippen molar-refractivity contribution in [3.8, 4) is 0 Å². The SMILES string of the molecule is NOC(=O)C(=O)OCP(=O)(O)O. The van der Waals surface area contributed by atoms with Crippen LogP contribution in [0, 0.1) is 0 Å². The molecule has 0 aliphatic carbocycles. The van der Waals surface area contributed by atoms with Gasteiger partial charge in [0.1, 0.15) is 0 Å². The van der Waals surface area contributed by atoms with Gasteiger partial charge >= 0.3 is 19.5 Å². The van der Waals surface area contributed by atoms with Gasteiger partial charge in [-0.05, 0) is 0 Å². The van der Waals surface area contributed by atoms with E-state index in [9.17, 15) is 14.2 Å². The van der Waals surface area contributed by atoms with Gasteiger partial charge in [-0.25, -0.2) is 9.59 Å². The van der Waals surface area contributed by atoms with Gasteiger partial charge in [-0.3, -0.25) is 4.57 Å².